The van der Waals surface area contributed by atoms with Gasteiger partial charge in [-0.3, -0.25) is 0 Å². The number of rotatable bonds is 7. The Balaban J connectivity index is 1.48. The fraction of sp³-hybridized carbons (Fsp3) is 0.552. The molecule has 0 spiro atoms. The first kappa shape index (κ1) is 24.3. The summed E-state index contributed by atoms with van der Waals surface area (Å²) in [6.07, 6.45) is 4.83. The number of piperidine rings is 1. The minimum Gasteiger partial charge on any atom is -0.385 e. The van der Waals surface area contributed by atoms with Crippen molar-refractivity contribution in [1.29, 1.82) is 0 Å². The maximum atomic E-state index is 13.4. The number of nitrogens with zero attached hydrogens (tertiary/aromatic N) is 2. The maximum absolute atomic E-state index is 13.4. The Labute approximate surface area is 209 Å². The van der Waals surface area contributed by atoms with E-state index in [-0.39, 0.29) is 18.0 Å². The average molecular weight is 478 g/mol. The molecule has 3 heterocycles. The van der Waals surface area contributed by atoms with E-state index in [2.05, 4.69) is 59.5 Å². The second kappa shape index (κ2) is 10.7. The molecule has 0 bridgehead atoms. The number of benzene rings is 2. The molecule has 6 heteroatoms. The van der Waals surface area contributed by atoms with Crippen molar-refractivity contribution < 1.29 is 14.3 Å². The highest BCUT2D eigenvalue weighted by molar-refractivity contribution is 5.75. The molecule has 2 N–H and O–H groups in total. The van der Waals surface area contributed by atoms with Crippen LogP contribution >= 0.6 is 0 Å². The fourth-order valence-corrected chi connectivity index (χ4v) is 6.45. The van der Waals surface area contributed by atoms with Gasteiger partial charge in [0.1, 0.15) is 0 Å². The molecule has 2 amide bonds. The number of urea groups is 1. The third kappa shape index (κ3) is 4.84. The van der Waals surface area contributed by atoms with Gasteiger partial charge in [-0.2, -0.15) is 0 Å². The molecule has 1 unspecified atom stereocenters. The summed E-state index contributed by atoms with van der Waals surface area (Å²) in [5.41, 5.74) is 9.39. The smallest absolute Gasteiger partial charge is 0.320 e. The Kier molecular flexibility index (Phi) is 7.42. The SMILES string of the molecule is COCCCC[C@]1(c2ccccc2-c2ccccc2)OCC2CCN(C(=O)N3CC[C@H](N)C3)C[C@@H]21. The molecule has 6 nitrogen and oxygen atoms in total. The highest BCUT2D eigenvalue weighted by atomic mass is 16.5. The highest BCUT2D eigenvalue weighted by Gasteiger charge is 2.53. The van der Waals surface area contributed by atoms with Crippen molar-refractivity contribution in [2.45, 2.75) is 43.7 Å². The van der Waals surface area contributed by atoms with Gasteiger partial charge < -0.3 is 25.0 Å². The normalized spacial score (nSPS) is 28.3. The van der Waals surface area contributed by atoms with Crippen LogP contribution in [0.5, 0.6) is 0 Å². The first-order chi connectivity index (χ1) is 17.1. The maximum Gasteiger partial charge on any atom is 0.320 e. The predicted octanol–water partition coefficient (Wildman–Crippen LogP) is 4.49. The minimum atomic E-state index is -0.412. The van der Waals surface area contributed by atoms with Gasteiger partial charge in [0, 0.05) is 51.9 Å². The zero-order chi connectivity index (χ0) is 24.3. The lowest BCUT2D eigenvalue weighted by Gasteiger charge is -2.44. The van der Waals surface area contributed by atoms with Crippen LogP contribution in [0.2, 0.25) is 0 Å². The molecular weight excluding hydrogens is 438 g/mol. The van der Waals surface area contributed by atoms with Gasteiger partial charge in [0.2, 0.25) is 0 Å². The van der Waals surface area contributed by atoms with Gasteiger partial charge in [-0.25, -0.2) is 4.79 Å². The van der Waals surface area contributed by atoms with Crippen LogP contribution < -0.4 is 5.73 Å². The van der Waals surface area contributed by atoms with Crippen LogP contribution in [0, 0.1) is 11.8 Å². The van der Waals surface area contributed by atoms with Crippen LogP contribution in [-0.4, -0.2) is 68.4 Å². The van der Waals surface area contributed by atoms with Crippen LogP contribution in [0.4, 0.5) is 4.79 Å². The van der Waals surface area contributed by atoms with Crippen LogP contribution in [0.25, 0.3) is 11.1 Å². The molecule has 3 saturated heterocycles. The van der Waals surface area contributed by atoms with E-state index in [9.17, 15) is 4.79 Å². The lowest BCUT2D eigenvalue weighted by atomic mass is 9.70. The molecule has 3 aliphatic rings. The van der Waals surface area contributed by atoms with Gasteiger partial charge in [0.15, 0.2) is 0 Å². The monoisotopic (exact) mass is 477 g/mol. The lowest BCUT2D eigenvalue weighted by molar-refractivity contribution is -0.0433. The van der Waals surface area contributed by atoms with E-state index in [1.165, 1.54) is 16.7 Å². The zero-order valence-electron chi connectivity index (χ0n) is 20.9. The molecule has 0 radical (unpaired) electrons. The summed E-state index contributed by atoms with van der Waals surface area (Å²) in [5.74, 6) is 0.732. The van der Waals surface area contributed by atoms with E-state index in [0.717, 1.165) is 65.0 Å². The van der Waals surface area contributed by atoms with Crippen molar-refractivity contribution >= 4 is 6.03 Å². The van der Waals surface area contributed by atoms with Crippen molar-refractivity contribution in [2.24, 2.45) is 17.6 Å². The van der Waals surface area contributed by atoms with Crippen molar-refractivity contribution in [3.63, 3.8) is 0 Å². The Hall–Kier alpha value is -2.41. The summed E-state index contributed by atoms with van der Waals surface area (Å²) in [6, 6.07) is 19.6. The van der Waals surface area contributed by atoms with Gasteiger partial charge in [-0.15, -0.1) is 0 Å². The standard InChI is InChI=1S/C29H39N3O3/c1-34-18-8-7-15-29(26-12-6-5-11-25(26)22-9-3-2-4-10-22)27-20-32(16-13-23(27)21-35-29)28(33)31-17-14-24(30)19-31/h2-6,9-12,23-24,27H,7-8,13-21,30H2,1H3/t23?,24-,27-,29+/m0/s1. The zero-order valence-corrected chi connectivity index (χ0v) is 20.9. The van der Waals surface area contributed by atoms with Gasteiger partial charge in [-0.1, -0.05) is 54.6 Å². The Bertz CT molecular complexity index is 1000. The summed E-state index contributed by atoms with van der Waals surface area (Å²) >= 11 is 0. The number of amides is 2. The first-order valence-corrected chi connectivity index (χ1v) is 13.2. The number of carbonyl (C=O) groups excluding carboxylic acids is 1. The molecule has 0 saturated carbocycles. The number of hydrogen-bond donors (Lipinski definition) is 1. The van der Waals surface area contributed by atoms with E-state index in [4.69, 9.17) is 15.2 Å². The van der Waals surface area contributed by atoms with E-state index >= 15 is 0 Å². The number of hydrogen-bond acceptors (Lipinski definition) is 4. The molecule has 188 valence electrons. The van der Waals surface area contributed by atoms with E-state index in [1.807, 2.05) is 4.90 Å². The number of carbonyl (C=O) groups is 1. The largest absolute Gasteiger partial charge is 0.385 e. The number of unbranched alkanes of at least 4 members (excludes halogenated alkanes) is 1. The molecule has 0 aliphatic carbocycles. The van der Waals surface area contributed by atoms with Crippen LogP contribution in [0.15, 0.2) is 54.6 Å². The summed E-state index contributed by atoms with van der Waals surface area (Å²) in [5, 5.41) is 0. The Morgan fingerprint density at radius 1 is 1.03 bits per heavy atom. The van der Waals surface area contributed by atoms with Crippen molar-refractivity contribution in [3.05, 3.63) is 60.2 Å². The first-order valence-electron chi connectivity index (χ1n) is 13.2. The van der Waals surface area contributed by atoms with Gasteiger partial charge in [0.05, 0.1) is 12.2 Å². The van der Waals surface area contributed by atoms with Crippen LogP contribution in [0.1, 0.15) is 37.7 Å². The molecule has 4 atom stereocenters. The molecular formula is C29H39N3O3. The number of fused-ring (bicyclic) bond motifs is 1. The topological polar surface area (TPSA) is 68.0 Å². The van der Waals surface area contributed by atoms with Crippen LogP contribution in [0.3, 0.4) is 0 Å². The quantitative estimate of drug-likeness (QED) is 0.597. The Morgan fingerprint density at radius 3 is 2.54 bits per heavy atom. The van der Waals surface area contributed by atoms with E-state index in [0.29, 0.717) is 12.5 Å². The molecule has 0 aromatic heterocycles. The van der Waals surface area contributed by atoms with E-state index < -0.39 is 5.60 Å². The molecule has 2 aromatic rings. The molecule has 2 aromatic carbocycles. The van der Waals surface area contributed by atoms with Gasteiger partial charge in [0.25, 0.3) is 0 Å². The summed E-state index contributed by atoms with van der Waals surface area (Å²) in [6.45, 7) is 4.48. The molecule has 3 fully saturated rings. The van der Waals surface area contributed by atoms with Crippen molar-refractivity contribution in [1.82, 2.24) is 9.80 Å². The summed E-state index contributed by atoms with van der Waals surface area (Å²) in [4.78, 5) is 17.4. The van der Waals surface area contributed by atoms with E-state index in [1.54, 1.807) is 7.11 Å². The minimum absolute atomic E-state index is 0.101. The number of methoxy groups -OCH3 is 1. The second-order valence-electron chi connectivity index (χ2n) is 10.4. The fourth-order valence-electron chi connectivity index (χ4n) is 6.45. The molecule has 35 heavy (non-hydrogen) atoms. The molecule has 3 aliphatic heterocycles. The number of nitrogens with two attached hydrogens (primary N) is 1. The van der Waals surface area contributed by atoms with Crippen molar-refractivity contribution in [3.8, 4) is 11.1 Å². The summed E-state index contributed by atoms with van der Waals surface area (Å²) in [7, 11) is 1.76. The number of likely N-dealkylation sites (tertiary alicyclic amines) is 2. The predicted molar refractivity (Wildman–Crippen MR) is 138 cm³/mol. The molecule has 5 rings (SSSR count). The number of ether oxygens (including phenoxy) is 2. The highest BCUT2D eigenvalue weighted by Crippen LogP contribution is 2.52. The average Bonchev–Trinajstić information content (AvgIpc) is 3.51. The lowest BCUT2D eigenvalue weighted by Crippen LogP contribution is -2.52. The second-order valence-corrected chi connectivity index (χ2v) is 10.4. The van der Waals surface area contributed by atoms with Gasteiger partial charge in [-0.05, 0) is 54.7 Å². The van der Waals surface area contributed by atoms with Crippen molar-refractivity contribution in [2.75, 3.05) is 46.5 Å². The summed E-state index contributed by atoms with van der Waals surface area (Å²) < 4.78 is 12.2. The third-order valence-electron chi connectivity index (χ3n) is 8.29. The van der Waals surface area contributed by atoms with Crippen LogP contribution in [-0.2, 0) is 15.1 Å². The Morgan fingerprint density at radius 2 is 1.77 bits per heavy atom. The van der Waals surface area contributed by atoms with Gasteiger partial charge >= 0.3 is 6.03 Å². The third-order valence-corrected chi connectivity index (χ3v) is 8.29.